The van der Waals surface area contributed by atoms with Crippen LogP contribution in [0.15, 0.2) is 83.4 Å². The van der Waals surface area contributed by atoms with Gasteiger partial charge in [-0.1, -0.05) is 48.4 Å². The van der Waals surface area contributed by atoms with Gasteiger partial charge >= 0.3 is 6.03 Å². The number of nitrogens with two attached hydrogens (primary N) is 1. The topological polar surface area (TPSA) is 132 Å². The Morgan fingerprint density at radius 3 is 2.73 bits per heavy atom. The van der Waals surface area contributed by atoms with Gasteiger partial charge in [0.05, 0.1) is 24.6 Å². The first-order valence-electron chi connectivity index (χ1n) is 15.6. The molecule has 0 unspecified atom stereocenters. The molecule has 1 saturated heterocycles. The maximum Gasteiger partial charge on any atom is 0.346 e. The molecule has 2 aromatic rings. The molecule has 3 N–H and O–H groups in total. The van der Waals surface area contributed by atoms with Crippen LogP contribution in [-0.4, -0.2) is 78.6 Å². The summed E-state index contributed by atoms with van der Waals surface area (Å²) in [6, 6.07) is 10.1. The molecule has 238 valence electrons. The van der Waals surface area contributed by atoms with E-state index in [1.54, 1.807) is 53.8 Å². The number of nitrogens with one attached hydrogen (secondary N) is 1. The van der Waals surface area contributed by atoms with Gasteiger partial charge < -0.3 is 30.2 Å². The van der Waals surface area contributed by atoms with Crippen molar-refractivity contribution in [1.82, 2.24) is 14.8 Å². The first-order chi connectivity index (χ1) is 22.0. The monoisotopic (exact) mass is 614 g/mol. The Morgan fingerprint density at radius 2 is 1.96 bits per heavy atom. The fourth-order valence-electron chi connectivity index (χ4n) is 5.30. The molecular formula is C34H42N6O5. The summed E-state index contributed by atoms with van der Waals surface area (Å²) >= 11 is 0. The predicted octanol–water partition coefficient (Wildman–Crippen LogP) is 5.29. The van der Waals surface area contributed by atoms with Gasteiger partial charge in [-0.05, 0) is 56.0 Å². The molecule has 1 aliphatic carbocycles. The van der Waals surface area contributed by atoms with E-state index in [0.717, 1.165) is 70.5 Å². The van der Waals surface area contributed by atoms with Crippen molar-refractivity contribution >= 4 is 29.2 Å². The first kappa shape index (κ1) is 31.9. The number of nitrogen functional groups attached to an aromatic ring is 1. The highest BCUT2D eigenvalue weighted by molar-refractivity contribution is 6.04. The Balaban J connectivity index is 1.20. The quantitative estimate of drug-likeness (QED) is 0.243. The largest absolute Gasteiger partial charge is 0.488 e. The van der Waals surface area contributed by atoms with Crippen LogP contribution in [0.5, 0.6) is 0 Å². The van der Waals surface area contributed by atoms with Crippen molar-refractivity contribution in [2.45, 2.75) is 45.1 Å². The number of carbonyl (C=O) groups excluding carboxylic acids is 2. The molecule has 1 aromatic carbocycles. The number of hydrogen-bond donors (Lipinski definition) is 2. The van der Waals surface area contributed by atoms with Gasteiger partial charge in [-0.2, -0.15) is 4.99 Å². The fourth-order valence-corrected chi connectivity index (χ4v) is 5.30. The molecule has 3 heterocycles. The molecule has 11 nitrogen and oxygen atoms in total. The zero-order valence-electron chi connectivity index (χ0n) is 25.7. The van der Waals surface area contributed by atoms with Crippen molar-refractivity contribution in [2.75, 3.05) is 57.1 Å². The van der Waals surface area contributed by atoms with Crippen molar-refractivity contribution in [1.29, 1.82) is 0 Å². The average Bonchev–Trinajstić information content (AvgIpc) is 3.06. The summed E-state index contributed by atoms with van der Waals surface area (Å²) in [5.41, 5.74) is 9.23. The number of hydrogen-bond acceptors (Lipinski definition) is 8. The van der Waals surface area contributed by atoms with Crippen molar-refractivity contribution < 1.29 is 23.8 Å². The third-order valence-corrected chi connectivity index (χ3v) is 7.81. The molecule has 2 aliphatic heterocycles. The number of morpholine rings is 1. The van der Waals surface area contributed by atoms with E-state index < -0.39 is 6.03 Å². The minimum absolute atomic E-state index is 0.0961. The number of amides is 3. The molecule has 0 bridgehead atoms. The number of urea groups is 1. The minimum Gasteiger partial charge on any atom is -0.488 e. The van der Waals surface area contributed by atoms with Gasteiger partial charge in [0.25, 0.3) is 5.91 Å². The normalized spacial score (nSPS) is 17.6. The van der Waals surface area contributed by atoms with Crippen molar-refractivity contribution in [2.24, 2.45) is 4.99 Å². The second-order valence-electron chi connectivity index (χ2n) is 11.3. The van der Waals surface area contributed by atoms with Crippen molar-refractivity contribution in [3.8, 4) is 0 Å². The van der Waals surface area contributed by atoms with Crippen LogP contribution >= 0.6 is 0 Å². The van der Waals surface area contributed by atoms with E-state index in [2.05, 4.69) is 32.3 Å². The third kappa shape index (κ3) is 10.0. The summed E-state index contributed by atoms with van der Waals surface area (Å²) < 4.78 is 17.0. The van der Waals surface area contributed by atoms with Gasteiger partial charge in [0.1, 0.15) is 17.7 Å². The van der Waals surface area contributed by atoms with Crippen LogP contribution in [0, 0.1) is 0 Å². The Hall–Kier alpha value is -4.48. The van der Waals surface area contributed by atoms with Crippen molar-refractivity contribution in [3.05, 3.63) is 89.7 Å². The number of pyridine rings is 1. The Labute approximate surface area is 264 Å². The number of rotatable bonds is 12. The number of benzene rings is 1. The van der Waals surface area contributed by atoms with E-state index in [4.69, 9.17) is 19.9 Å². The molecule has 45 heavy (non-hydrogen) atoms. The van der Waals surface area contributed by atoms with Gasteiger partial charge in [-0.25, -0.2) is 4.79 Å². The number of ether oxygens (including phenoxy) is 3. The third-order valence-electron chi connectivity index (χ3n) is 7.81. The molecule has 3 aliphatic rings. The van der Waals surface area contributed by atoms with Gasteiger partial charge in [-0.15, -0.1) is 0 Å². The van der Waals surface area contributed by atoms with E-state index in [0.29, 0.717) is 36.6 Å². The molecule has 3 amide bonds. The Morgan fingerprint density at radius 1 is 1.09 bits per heavy atom. The highest BCUT2D eigenvalue weighted by Crippen LogP contribution is 2.23. The molecular weight excluding hydrogens is 572 g/mol. The van der Waals surface area contributed by atoms with Gasteiger partial charge in [0, 0.05) is 38.8 Å². The Kier molecular flexibility index (Phi) is 11.7. The summed E-state index contributed by atoms with van der Waals surface area (Å²) in [5, 5.41) is 2.79. The molecule has 1 fully saturated rings. The molecule has 0 radical (unpaired) electrons. The van der Waals surface area contributed by atoms with Gasteiger partial charge in [0.15, 0.2) is 6.61 Å². The predicted molar refractivity (Wildman–Crippen MR) is 174 cm³/mol. The van der Waals surface area contributed by atoms with Crippen LogP contribution < -0.4 is 11.1 Å². The Bertz CT molecular complexity index is 1430. The lowest BCUT2D eigenvalue weighted by Crippen LogP contribution is -2.36. The van der Waals surface area contributed by atoms with Crippen LogP contribution in [0.25, 0.3) is 0 Å². The number of carbonyl (C=O) groups is 2. The fraction of sp³-hybridized carbons (Fsp3) is 0.412. The highest BCUT2D eigenvalue weighted by atomic mass is 16.6. The second-order valence-corrected chi connectivity index (χ2v) is 11.3. The summed E-state index contributed by atoms with van der Waals surface area (Å²) in [6.45, 7) is 5.44. The van der Waals surface area contributed by atoms with E-state index in [-0.39, 0.29) is 24.1 Å². The lowest BCUT2D eigenvalue weighted by atomic mass is 10.0. The minimum atomic E-state index is -0.399. The highest BCUT2D eigenvalue weighted by Gasteiger charge is 2.20. The number of aromatic nitrogens is 1. The SMILES string of the molecule is Nc1ccccc1NC(=O)c1ccc(CN(CCCCCN2CCOCC2)C(=O)N=C2COC=C(CC3=CC=CCC3)O2)cn1. The summed E-state index contributed by atoms with van der Waals surface area (Å²) in [5.74, 6) is 0.517. The maximum atomic E-state index is 13.5. The van der Waals surface area contributed by atoms with Gasteiger partial charge in [0.2, 0.25) is 5.90 Å². The summed E-state index contributed by atoms with van der Waals surface area (Å²) in [4.78, 5) is 39.0. The zero-order chi connectivity index (χ0) is 31.3. The molecule has 1 aromatic heterocycles. The zero-order valence-corrected chi connectivity index (χ0v) is 25.7. The van der Waals surface area contributed by atoms with Crippen LogP contribution in [0.2, 0.25) is 0 Å². The molecule has 0 saturated carbocycles. The number of nitrogens with zero attached hydrogens (tertiary/aromatic N) is 4. The van der Waals surface area contributed by atoms with Crippen LogP contribution in [0.3, 0.4) is 0 Å². The summed E-state index contributed by atoms with van der Waals surface area (Å²) in [6.07, 6.45) is 14.9. The van der Waals surface area contributed by atoms with Crippen LogP contribution in [0.1, 0.15) is 54.6 Å². The number of anilines is 2. The van der Waals surface area contributed by atoms with Gasteiger partial charge in [-0.3, -0.25) is 14.7 Å². The van der Waals surface area contributed by atoms with Crippen LogP contribution in [-0.2, 0) is 20.8 Å². The molecule has 5 rings (SSSR count). The average molecular weight is 615 g/mol. The van der Waals surface area contributed by atoms with Crippen LogP contribution in [0.4, 0.5) is 16.2 Å². The molecule has 0 atom stereocenters. The first-order valence-corrected chi connectivity index (χ1v) is 15.6. The number of unbranched alkanes of at least 4 members (excludes halogenated alkanes) is 2. The smallest absolute Gasteiger partial charge is 0.346 e. The number of aliphatic imine (C=N–C) groups is 1. The lowest BCUT2D eigenvalue weighted by molar-refractivity contribution is 0.0371. The summed E-state index contributed by atoms with van der Waals surface area (Å²) in [7, 11) is 0. The lowest BCUT2D eigenvalue weighted by Gasteiger charge is -2.26. The number of para-hydroxylation sites is 2. The molecule has 11 heteroatoms. The van der Waals surface area contributed by atoms with E-state index in [9.17, 15) is 9.59 Å². The number of allylic oxidation sites excluding steroid dienone is 4. The standard InChI is InChI=1S/C34H42N6O5/c35-29-11-5-6-12-30(29)37-33(41)31-14-13-27(22-36-31)23-40(16-8-2-7-15-39-17-19-43-20-18-39)34(42)38-32-25-44-24-28(45-32)21-26-9-3-1-4-10-26/h1,3,5-6,9,11-14,22,24H,2,4,7-8,10,15-21,23,25,35H2,(H,37,41). The maximum absolute atomic E-state index is 13.5. The van der Waals surface area contributed by atoms with E-state index in [1.807, 2.05) is 6.08 Å². The van der Waals surface area contributed by atoms with Crippen molar-refractivity contribution in [3.63, 3.8) is 0 Å². The molecule has 0 spiro atoms. The van der Waals surface area contributed by atoms with E-state index >= 15 is 0 Å². The second kappa shape index (κ2) is 16.6. The van der Waals surface area contributed by atoms with E-state index in [1.165, 1.54) is 5.57 Å².